The van der Waals surface area contributed by atoms with Gasteiger partial charge in [-0.05, 0) is 48.8 Å². The lowest BCUT2D eigenvalue weighted by molar-refractivity contribution is 0.145. The Morgan fingerprint density at radius 2 is 2.15 bits per heavy atom. The number of carbonyl (C=O) groups is 1. The summed E-state index contributed by atoms with van der Waals surface area (Å²) in [5, 5.41) is 6.53. The van der Waals surface area contributed by atoms with Crippen molar-refractivity contribution in [2.75, 3.05) is 6.61 Å². The number of alkyl carbamates (subject to hydrolysis) is 1. The summed E-state index contributed by atoms with van der Waals surface area (Å²) in [5.41, 5.74) is -0.868. The van der Waals surface area contributed by atoms with E-state index in [2.05, 4.69) is 31.3 Å². The molecule has 0 aliphatic carbocycles. The first kappa shape index (κ1) is 19.8. The van der Waals surface area contributed by atoms with Crippen LogP contribution in [0.25, 0.3) is 5.82 Å². The molecule has 0 atom stereocenters. The summed E-state index contributed by atoms with van der Waals surface area (Å²) in [6, 6.07) is 3.38. The number of nitrogens with one attached hydrogen (secondary N) is 1. The molecule has 1 N–H and O–H groups in total. The number of ether oxygens (including phenoxy) is 1. The van der Waals surface area contributed by atoms with Crippen molar-refractivity contribution in [2.45, 2.75) is 32.9 Å². The molecule has 26 heavy (non-hydrogen) atoms. The lowest BCUT2D eigenvalue weighted by Crippen LogP contribution is -2.41. The zero-order chi connectivity index (χ0) is 19.3. The van der Waals surface area contributed by atoms with Gasteiger partial charge < -0.3 is 10.1 Å². The molecule has 0 saturated carbocycles. The van der Waals surface area contributed by atoms with Gasteiger partial charge in [0.1, 0.15) is 18.8 Å². The molecule has 0 aliphatic rings. The minimum atomic E-state index is -0.672. The number of rotatable bonds is 5. The van der Waals surface area contributed by atoms with Crippen LogP contribution >= 0.6 is 15.9 Å². The molecule has 2 heterocycles. The van der Waals surface area contributed by atoms with E-state index in [1.165, 1.54) is 10.9 Å². The lowest BCUT2D eigenvalue weighted by atomic mass is 10.1. The predicted octanol–water partition coefficient (Wildman–Crippen LogP) is 2.57. The quantitative estimate of drug-likeness (QED) is 0.791. The molecule has 1 amide bonds. The molecule has 2 rings (SSSR count). The van der Waals surface area contributed by atoms with Crippen LogP contribution in [0.4, 0.5) is 9.18 Å². The zero-order valence-corrected chi connectivity index (χ0v) is 16.2. The van der Waals surface area contributed by atoms with Crippen LogP contribution in [0.3, 0.4) is 0 Å². The fraction of sp³-hybridized carbons (Fsp3) is 0.375. The van der Waals surface area contributed by atoms with E-state index in [1.54, 1.807) is 39.1 Å². The second-order valence-corrected chi connectivity index (χ2v) is 7.41. The minimum Gasteiger partial charge on any atom is -0.445 e. The van der Waals surface area contributed by atoms with Crippen molar-refractivity contribution in [3.63, 3.8) is 0 Å². The van der Waals surface area contributed by atoms with Crippen molar-refractivity contribution in [3.8, 4) is 5.82 Å². The van der Waals surface area contributed by atoms with E-state index in [0.29, 0.717) is 12.1 Å². The molecule has 0 aromatic carbocycles. The van der Waals surface area contributed by atoms with Gasteiger partial charge in [0, 0.05) is 21.8 Å². The van der Waals surface area contributed by atoms with E-state index in [-0.39, 0.29) is 18.7 Å². The lowest BCUT2D eigenvalue weighted by Gasteiger charge is -2.20. The van der Waals surface area contributed by atoms with E-state index in [9.17, 15) is 14.0 Å². The molecule has 0 fully saturated rings. The summed E-state index contributed by atoms with van der Waals surface area (Å²) in [6.07, 6.45) is 2.47. The molecular formula is C16H19BrFN5O3. The van der Waals surface area contributed by atoms with E-state index in [4.69, 9.17) is 4.74 Å². The normalized spacial score (nSPS) is 12.1. The molecule has 8 nitrogen and oxygen atoms in total. The number of amides is 1. The molecule has 10 heteroatoms. The van der Waals surface area contributed by atoms with Crippen LogP contribution in [0, 0.1) is 0 Å². The Labute approximate surface area is 157 Å². The highest BCUT2D eigenvalue weighted by Gasteiger charge is 2.16. The summed E-state index contributed by atoms with van der Waals surface area (Å²) in [4.78, 5) is 28.1. The standard InChI is InChI=1S/C16H19BrFN5O3/c1-16(2,3)21-14(24)26-9-11(6-18)8-23-15(25)22(10-20-23)13-5-4-12(17)7-19-13/h4-7,10H,8-9H2,1-3H3,(H,21,24)/b11-6-. The Bertz CT molecular complexity index is 852. The SMILES string of the molecule is CC(C)(C)NC(=O)OC/C(=C\F)Cn1ncn(-c2ccc(Br)cn2)c1=O. The van der Waals surface area contributed by atoms with E-state index >= 15 is 0 Å². The van der Waals surface area contributed by atoms with Gasteiger partial charge in [-0.25, -0.2) is 28.2 Å². The number of carbonyl (C=O) groups excluding carboxylic acids is 1. The summed E-state index contributed by atoms with van der Waals surface area (Å²) in [5.74, 6) is 0.385. The van der Waals surface area contributed by atoms with Gasteiger partial charge in [-0.2, -0.15) is 5.10 Å². The maximum absolute atomic E-state index is 13.1. The fourth-order valence-electron chi connectivity index (χ4n) is 1.92. The topological polar surface area (TPSA) is 91.0 Å². The monoisotopic (exact) mass is 427 g/mol. The second kappa shape index (κ2) is 8.26. The summed E-state index contributed by atoms with van der Waals surface area (Å²) in [6.45, 7) is 4.93. The molecule has 140 valence electrons. The van der Waals surface area contributed by atoms with Gasteiger partial charge in [0.15, 0.2) is 0 Å². The first-order chi connectivity index (χ1) is 12.2. The zero-order valence-electron chi connectivity index (χ0n) is 14.6. The molecule has 0 radical (unpaired) electrons. The maximum Gasteiger partial charge on any atom is 0.407 e. The van der Waals surface area contributed by atoms with Crippen LogP contribution in [-0.2, 0) is 11.3 Å². The average molecular weight is 428 g/mol. The van der Waals surface area contributed by atoms with Crippen LogP contribution in [0.5, 0.6) is 0 Å². The highest BCUT2D eigenvalue weighted by atomic mass is 79.9. The molecule has 2 aromatic heterocycles. The first-order valence-corrected chi connectivity index (χ1v) is 8.48. The number of pyridine rings is 1. The minimum absolute atomic E-state index is 0.0881. The number of halogens is 2. The van der Waals surface area contributed by atoms with Gasteiger partial charge in [-0.15, -0.1) is 0 Å². The number of hydrogen-bond donors (Lipinski definition) is 1. The van der Waals surface area contributed by atoms with Crippen molar-refractivity contribution < 1.29 is 13.9 Å². The maximum atomic E-state index is 13.1. The predicted molar refractivity (Wildman–Crippen MR) is 96.7 cm³/mol. The molecule has 0 unspecified atom stereocenters. The Morgan fingerprint density at radius 1 is 1.42 bits per heavy atom. The van der Waals surface area contributed by atoms with E-state index in [1.807, 2.05) is 0 Å². The smallest absolute Gasteiger partial charge is 0.407 e. The van der Waals surface area contributed by atoms with Crippen molar-refractivity contribution in [2.24, 2.45) is 0 Å². The van der Waals surface area contributed by atoms with Gasteiger partial charge in [0.25, 0.3) is 0 Å². The Balaban J connectivity index is 2.04. The number of aromatic nitrogens is 4. The van der Waals surface area contributed by atoms with Crippen LogP contribution < -0.4 is 11.0 Å². The van der Waals surface area contributed by atoms with Gasteiger partial charge in [-0.1, -0.05) is 0 Å². The summed E-state index contributed by atoms with van der Waals surface area (Å²) in [7, 11) is 0. The fourth-order valence-corrected chi connectivity index (χ4v) is 2.15. The second-order valence-electron chi connectivity index (χ2n) is 6.49. The molecule has 0 aliphatic heterocycles. The molecule has 2 aromatic rings. The van der Waals surface area contributed by atoms with Gasteiger partial charge >= 0.3 is 11.8 Å². The van der Waals surface area contributed by atoms with Crippen LogP contribution in [0.1, 0.15) is 20.8 Å². The molecule has 0 spiro atoms. The largest absolute Gasteiger partial charge is 0.445 e. The first-order valence-electron chi connectivity index (χ1n) is 7.69. The molecule has 0 saturated heterocycles. The van der Waals surface area contributed by atoms with Crippen LogP contribution in [-0.4, -0.2) is 37.6 Å². The van der Waals surface area contributed by atoms with Crippen molar-refractivity contribution in [3.05, 3.63) is 51.5 Å². The Hall–Kier alpha value is -2.49. The van der Waals surface area contributed by atoms with Crippen molar-refractivity contribution >= 4 is 22.0 Å². The number of hydrogen-bond acceptors (Lipinski definition) is 5. The van der Waals surface area contributed by atoms with Crippen molar-refractivity contribution in [1.82, 2.24) is 24.6 Å². The third-order valence-electron chi connectivity index (χ3n) is 3.06. The summed E-state index contributed by atoms with van der Waals surface area (Å²) >= 11 is 3.26. The van der Waals surface area contributed by atoms with Crippen LogP contribution in [0.15, 0.2) is 45.8 Å². The van der Waals surface area contributed by atoms with Gasteiger partial charge in [0.05, 0.1) is 12.9 Å². The molecule has 0 bridgehead atoms. The molecular weight excluding hydrogens is 409 g/mol. The van der Waals surface area contributed by atoms with Gasteiger partial charge in [-0.3, -0.25) is 0 Å². The number of nitrogens with zero attached hydrogens (tertiary/aromatic N) is 4. The van der Waals surface area contributed by atoms with Crippen molar-refractivity contribution in [1.29, 1.82) is 0 Å². The highest BCUT2D eigenvalue weighted by Crippen LogP contribution is 2.09. The third-order valence-corrected chi connectivity index (χ3v) is 3.53. The summed E-state index contributed by atoms with van der Waals surface area (Å²) < 4.78 is 21.1. The van der Waals surface area contributed by atoms with Crippen LogP contribution in [0.2, 0.25) is 0 Å². The van der Waals surface area contributed by atoms with Gasteiger partial charge in [0.2, 0.25) is 0 Å². The Kier molecular flexibility index (Phi) is 6.30. The highest BCUT2D eigenvalue weighted by molar-refractivity contribution is 9.10. The van der Waals surface area contributed by atoms with E-state index in [0.717, 1.165) is 9.15 Å². The van der Waals surface area contributed by atoms with E-state index < -0.39 is 17.3 Å². The third kappa shape index (κ3) is 5.51. The Morgan fingerprint density at radius 3 is 2.73 bits per heavy atom. The average Bonchev–Trinajstić information content (AvgIpc) is 2.91.